The monoisotopic (exact) mass is 287 g/mol. The smallest absolute Gasteiger partial charge is 0.126 e. The summed E-state index contributed by atoms with van der Waals surface area (Å²) in [6.07, 6.45) is 4.23. The van der Waals surface area contributed by atoms with Crippen LogP contribution in [0.15, 0.2) is 29.8 Å². The molecule has 0 unspecified atom stereocenters. The second kappa shape index (κ2) is 6.37. The van der Waals surface area contributed by atoms with E-state index in [1.807, 2.05) is 17.5 Å². The molecule has 106 valence electrons. The van der Waals surface area contributed by atoms with Crippen LogP contribution in [-0.2, 0) is 19.5 Å². The lowest BCUT2D eigenvalue weighted by atomic mass is 10.1. The maximum absolute atomic E-state index is 4.37. The highest BCUT2D eigenvalue weighted by molar-refractivity contribution is 7.10. The topological polar surface area (TPSA) is 28.2 Å². The highest BCUT2D eigenvalue weighted by atomic mass is 32.1. The molecule has 20 heavy (non-hydrogen) atoms. The Hall–Kier alpha value is -1.39. The average Bonchev–Trinajstić information content (AvgIpc) is 2.93. The molecule has 2 aromatic heterocycles. The van der Waals surface area contributed by atoms with E-state index in [4.69, 9.17) is 0 Å². The first-order valence-corrected chi connectivity index (χ1v) is 8.19. The van der Waals surface area contributed by atoms with Crippen molar-refractivity contribution in [2.45, 2.75) is 32.9 Å². The zero-order chi connectivity index (χ0) is 13.8. The third-order valence-electron chi connectivity index (χ3n) is 3.67. The predicted molar refractivity (Wildman–Crippen MR) is 85.2 cm³/mol. The molecule has 0 radical (unpaired) electrons. The van der Waals surface area contributed by atoms with Gasteiger partial charge < -0.3 is 5.32 Å². The van der Waals surface area contributed by atoms with Crippen LogP contribution >= 0.6 is 11.3 Å². The van der Waals surface area contributed by atoms with E-state index in [-0.39, 0.29) is 0 Å². The molecule has 0 fully saturated rings. The molecule has 4 heteroatoms. The highest BCUT2D eigenvalue weighted by Gasteiger charge is 2.17. The maximum atomic E-state index is 4.37. The van der Waals surface area contributed by atoms with Crippen LogP contribution in [0.1, 0.15) is 29.3 Å². The second-order valence-electron chi connectivity index (χ2n) is 5.31. The van der Waals surface area contributed by atoms with Gasteiger partial charge in [-0.1, -0.05) is 6.92 Å². The summed E-state index contributed by atoms with van der Waals surface area (Å²) < 4.78 is 0. The summed E-state index contributed by atoms with van der Waals surface area (Å²) in [5, 5.41) is 5.57. The van der Waals surface area contributed by atoms with Crippen molar-refractivity contribution in [3.8, 4) is 0 Å². The molecular formula is C16H21N3S. The van der Waals surface area contributed by atoms with Crippen molar-refractivity contribution in [2.24, 2.45) is 0 Å². The fraction of sp³-hybridized carbons (Fsp3) is 0.438. The minimum absolute atomic E-state index is 0.985. The molecule has 0 amide bonds. The molecule has 0 bridgehead atoms. The Labute approximate surface area is 124 Å². The molecule has 1 aliphatic heterocycles. The molecule has 0 atom stereocenters. The molecule has 0 aromatic carbocycles. The van der Waals surface area contributed by atoms with Crippen molar-refractivity contribution < 1.29 is 0 Å². The fourth-order valence-electron chi connectivity index (χ4n) is 2.62. The van der Waals surface area contributed by atoms with E-state index < -0.39 is 0 Å². The summed E-state index contributed by atoms with van der Waals surface area (Å²) in [5.41, 5.74) is 2.86. The molecule has 0 saturated carbocycles. The summed E-state index contributed by atoms with van der Waals surface area (Å²) in [6.45, 7) is 6.41. The first-order valence-electron chi connectivity index (χ1n) is 7.31. The number of rotatable bonds is 5. The third kappa shape index (κ3) is 3.19. The van der Waals surface area contributed by atoms with Gasteiger partial charge in [-0.05, 0) is 47.5 Å². The minimum Gasteiger partial charge on any atom is -0.370 e. The van der Waals surface area contributed by atoms with Crippen LogP contribution in [0.5, 0.6) is 0 Å². The van der Waals surface area contributed by atoms with Crippen LogP contribution in [0.3, 0.4) is 0 Å². The average molecular weight is 287 g/mol. The molecule has 2 aromatic rings. The van der Waals surface area contributed by atoms with Gasteiger partial charge in [-0.15, -0.1) is 11.3 Å². The Morgan fingerprint density at radius 3 is 3.25 bits per heavy atom. The first-order chi connectivity index (χ1) is 9.85. The minimum atomic E-state index is 0.985. The van der Waals surface area contributed by atoms with E-state index in [2.05, 4.69) is 45.7 Å². The number of nitrogens with one attached hydrogen (secondary N) is 1. The summed E-state index contributed by atoms with van der Waals surface area (Å²) in [6, 6.07) is 6.58. The second-order valence-corrected chi connectivity index (χ2v) is 6.31. The van der Waals surface area contributed by atoms with E-state index in [1.54, 1.807) is 4.88 Å². The lowest BCUT2D eigenvalue weighted by Crippen LogP contribution is -2.29. The van der Waals surface area contributed by atoms with Gasteiger partial charge in [0.1, 0.15) is 5.82 Å². The van der Waals surface area contributed by atoms with Gasteiger partial charge in [0, 0.05) is 37.3 Å². The van der Waals surface area contributed by atoms with Crippen molar-refractivity contribution in [1.82, 2.24) is 9.88 Å². The van der Waals surface area contributed by atoms with E-state index in [9.17, 15) is 0 Å². The number of nitrogens with zero attached hydrogens (tertiary/aromatic N) is 2. The summed E-state index contributed by atoms with van der Waals surface area (Å²) in [4.78, 5) is 8.46. The molecule has 3 nitrogen and oxygen atoms in total. The van der Waals surface area contributed by atoms with E-state index >= 15 is 0 Å². The van der Waals surface area contributed by atoms with E-state index in [0.717, 1.165) is 38.4 Å². The number of hydrogen-bond donors (Lipinski definition) is 1. The van der Waals surface area contributed by atoms with E-state index in [1.165, 1.54) is 17.5 Å². The number of thiophene rings is 1. The van der Waals surface area contributed by atoms with Crippen LogP contribution in [0, 0.1) is 0 Å². The Bertz CT molecular complexity index is 564. The van der Waals surface area contributed by atoms with Gasteiger partial charge >= 0.3 is 0 Å². The van der Waals surface area contributed by atoms with Crippen molar-refractivity contribution >= 4 is 17.2 Å². The number of aromatic nitrogens is 1. The Morgan fingerprint density at radius 1 is 1.40 bits per heavy atom. The van der Waals surface area contributed by atoms with Crippen molar-refractivity contribution in [3.05, 3.63) is 45.8 Å². The number of pyridine rings is 1. The molecule has 3 heterocycles. The summed E-state index contributed by atoms with van der Waals surface area (Å²) in [5.74, 6) is 0.998. The van der Waals surface area contributed by atoms with Crippen LogP contribution in [0.4, 0.5) is 5.82 Å². The zero-order valence-corrected chi connectivity index (χ0v) is 12.7. The lowest BCUT2D eigenvalue weighted by molar-refractivity contribution is 0.247. The lowest BCUT2D eigenvalue weighted by Gasteiger charge is -2.26. The maximum Gasteiger partial charge on any atom is 0.126 e. The van der Waals surface area contributed by atoms with Gasteiger partial charge in [0.15, 0.2) is 0 Å². The number of hydrogen-bond acceptors (Lipinski definition) is 4. The van der Waals surface area contributed by atoms with Gasteiger partial charge in [0.2, 0.25) is 0 Å². The van der Waals surface area contributed by atoms with E-state index in [0.29, 0.717) is 0 Å². The van der Waals surface area contributed by atoms with Crippen molar-refractivity contribution in [1.29, 1.82) is 0 Å². The quantitative estimate of drug-likeness (QED) is 0.912. The first kappa shape index (κ1) is 13.6. The largest absolute Gasteiger partial charge is 0.370 e. The van der Waals surface area contributed by atoms with Crippen LogP contribution in [0.25, 0.3) is 0 Å². The summed E-state index contributed by atoms with van der Waals surface area (Å²) in [7, 11) is 0. The predicted octanol–water partition coefficient (Wildman–Crippen LogP) is 3.52. The van der Waals surface area contributed by atoms with Gasteiger partial charge in [0.05, 0.1) is 0 Å². The third-order valence-corrected chi connectivity index (χ3v) is 4.70. The van der Waals surface area contributed by atoms with Crippen LogP contribution in [-0.4, -0.2) is 23.0 Å². The molecule has 0 saturated heterocycles. The van der Waals surface area contributed by atoms with Gasteiger partial charge in [0.25, 0.3) is 0 Å². The Kier molecular flexibility index (Phi) is 4.33. The molecular weight excluding hydrogens is 266 g/mol. The Morgan fingerprint density at radius 2 is 2.35 bits per heavy atom. The standard InChI is InChI=1S/C16H21N3S/c1-2-6-17-16-10-13(3-7-18-16)11-19-8-4-15-14(12-19)5-9-20-15/h3,5,7,9-10H,2,4,6,8,11-12H2,1H3,(H,17,18). The van der Waals surface area contributed by atoms with Gasteiger partial charge in [-0.3, -0.25) is 4.90 Å². The molecule has 0 aliphatic carbocycles. The normalized spacial score (nSPS) is 15.1. The molecule has 0 spiro atoms. The van der Waals surface area contributed by atoms with Gasteiger partial charge in [-0.25, -0.2) is 4.98 Å². The number of fused-ring (bicyclic) bond motifs is 1. The zero-order valence-electron chi connectivity index (χ0n) is 11.9. The SMILES string of the molecule is CCCNc1cc(CN2CCc3sccc3C2)ccn1. The number of anilines is 1. The van der Waals surface area contributed by atoms with Crippen LogP contribution in [0.2, 0.25) is 0 Å². The summed E-state index contributed by atoms with van der Waals surface area (Å²) >= 11 is 1.90. The Balaban J connectivity index is 1.63. The highest BCUT2D eigenvalue weighted by Crippen LogP contribution is 2.25. The van der Waals surface area contributed by atoms with Gasteiger partial charge in [-0.2, -0.15) is 0 Å². The van der Waals surface area contributed by atoms with Crippen molar-refractivity contribution in [3.63, 3.8) is 0 Å². The van der Waals surface area contributed by atoms with Crippen molar-refractivity contribution in [2.75, 3.05) is 18.4 Å². The fourth-order valence-corrected chi connectivity index (χ4v) is 3.51. The molecule has 1 N–H and O–H groups in total. The van der Waals surface area contributed by atoms with Crippen LogP contribution < -0.4 is 5.32 Å². The molecule has 3 rings (SSSR count). The molecule has 1 aliphatic rings.